The highest BCUT2D eigenvalue weighted by atomic mass is 32.2. The minimum atomic E-state index is -3.87. The SMILES string of the molecule is C=C1CN(S(=O)(=O)c2ccc(C)cc2)CCCN(C(=O)N(C)C)CCCN(S(=O)(=O)c2ccc(C)cc2)C1. The number of carbonyl (C=O) groups is 1. The molecule has 0 bridgehead atoms. The van der Waals surface area contributed by atoms with E-state index in [4.69, 9.17) is 0 Å². The predicted molar refractivity (Wildman–Crippen MR) is 149 cm³/mol. The van der Waals surface area contributed by atoms with Gasteiger partial charge in [-0.05, 0) is 56.5 Å². The van der Waals surface area contributed by atoms with Gasteiger partial charge in [0.05, 0.1) is 9.79 Å². The number of aryl methyl sites for hydroxylation is 2. The highest BCUT2D eigenvalue weighted by Gasteiger charge is 2.30. The van der Waals surface area contributed by atoms with E-state index in [1.807, 2.05) is 13.8 Å². The second-order valence-electron chi connectivity index (χ2n) is 9.92. The molecule has 0 saturated carbocycles. The third-order valence-corrected chi connectivity index (χ3v) is 10.2. The molecule has 1 fully saturated rings. The molecule has 0 radical (unpaired) electrons. The molecule has 1 heterocycles. The van der Waals surface area contributed by atoms with Crippen LogP contribution in [0.4, 0.5) is 4.79 Å². The largest absolute Gasteiger partial charge is 0.331 e. The van der Waals surface area contributed by atoms with Crippen molar-refractivity contribution in [1.29, 1.82) is 0 Å². The Morgan fingerprint density at radius 2 is 1.08 bits per heavy atom. The first-order valence-corrected chi connectivity index (χ1v) is 15.5. The lowest BCUT2D eigenvalue weighted by atomic mass is 10.2. The fourth-order valence-corrected chi connectivity index (χ4v) is 7.30. The standard InChI is InChI=1S/C27H38N4O5S2/c1-22-8-12-25(13-9-22)37(33,34)30-18-6-16-29(27(32)28(4)5)17-7-19-31(21-24(3)20-30)38(35,36)26-14-10-23(2)11-15-26/h8-15H,3,6-7,16-21H2,1-2,4-5H3. The Morgan fingerprint density at radius 1 is 0.711 bits per heavy atom. The molecule has 2 aromatic rings. The Hall–Kier alpha value is -2.73. The van der Waals surface area contributed by atoms with Crippen molar-refractivity contribution in [3.05, 3.63) is 71.8 Å². The third-order valence-electron chi connectivity index (χ3n) is 6.44. The number of amides is 2. The summed E-state index contributed by atoms with van der Waals surface area (Å²) in [4.78, 5) is 16.2. The van der Waals surface area contributed by atoms with E-state index in [1.54, 1.807) is 67.5 Å². The van der Waals surface area contributed by atoms with Crippen LogP contribution in [0.3, 0.4) is 0 Å². The Morgan fingerprint density at radius 3 is 1.42 bits per heavy atom. The van der Waals surface area contributed by atoms with Crippen molar-refractivity contribution in [2.24, 2.45) is 0 Å². The lowest BCUT2D eigenvalue weighted by molar-refractivity contribution is 0.167. The Kier molecular flexibility index (Phi) is 9.74. The van der Waals surface area contributed by atoms with Gasteiger partial charge in [0, 0.05) is 53.4 Å². The molecule has 0 aromatic heterocycles. The second kappa shape index (κ2) is 12.4. The summed E-state index contributed by atoms with van der Waals surface area (Å²) in [5, 5.41) is 0. The summed E-state index contributed by atoms with van der Waals surface area (Å²) in [5.74, 6) is 0. The quantitative estimate of drug-likeness (QED) is 0.533. The molecular formula is C27H38N4O5S2. The molecule has 2 amide bonds. The van der Waals surface area contributed by atoms with Crippen LogP contribution in [0.2, 0.25) is 0 Å². The summed E-state index contributed by atoms with van der Waals surface area (Å²) in [7, 11) is -4.43. The lowest BCUT2D eigenvalue weighted by Crippen LogP contribution is -2.44. The summed E-state index contributed by atoms with van der Waals surface area (Å²) >= 11 is 0. The maximum Gasteiger partial charge on any atom is 0.319 e. The number of hydrogen-bond donors (Lipinski definition) is 0. The molecule has 0 aliphatic carbocycles. The molecule has 0 atom stereocenters. The van der Waals surface area contributed by atoms with Crippen molar-refractivity contribution in [1.82, 2.24) is 18.4 Å². The highest BCUT2D eigenvalue weighted by Crippen LogP contribution is 2.22. The van der Waals surface area contributed by atoms with Gasteiger partial charge in [0.25, 0.3) is 0 Å². The number of benzene rings is 2. The molecule has 11 heteroatoms. The van der Waals surface area contributed by atoms with E-state index in [0.717, 1.165) is 11.1 Å². The van der Waals surface area contributed by atoms with Gasteiger partial charge in [0.1, 0.15) is 0 Å². The van der Waals surface area contributed by atoms with Crippen molar-refractivity contribution >= 4 is 26.1 Å². The van der Waals surface area contributed by atoms with Crippen LogP contribution in [0.1, 0.15) is 24.0 Å². The zero-order valence-corrected chi connectivity index (χ0v) is 24.3. The monoisotopic (exact) mass is 562 g/mol. The van der Waals surface area contributed by atoms with E-state index in [1.165, 1.54) is 13.5 Å². The molecule has 208 valence electrons. The molecule has 0 spiro atoms. The number of urea groups is 1. The summed E-state index contributed by atoms with van der Waals surface area (Å²) in [6, 6.07) is 13.0. The van der Waals surface area contributed by atoms with Gasteiger partial charge in [-0.25, -0.2) is 21.6 Å². The van der Waals surface area contributed by atoms with Crippen LogP contribution >= 0.6 is 0 Å². The van der Waals surface area contributed by atoms with Gasteiger partial charge in [-0.15, -0.1) is 0 Å². The van der Waals surface area contributed by atoms with E-state index >= 15 is 0 Å². The van der Waals surface area contributed by atoms with Gasteiger partial charge < -0.3 is 9.80 Å². The predicted octanol–water partition coefficient (Wildman–Crippen LogP) is 3.32. The second-order valence-corrected chi connectivity index (χ2v) is 13.8. The minimum absolute atomic E-state index is 0.0300. The van der Waals surface area contributed by atoms with E-state index in [9.17, 15) is 21.6 Å². The topological polar surface area (TPSA) is 98.3 Å². The molecule has 2 aromatic carbocycles. The molecule has 38 heavy (non-hydrogen) atoms. The molecule has 3 rings (SSSR count). The number of hydrogen-bond acceptors (Lipinski definition) is 5. The van der Waals surface area contributed by atoms with Crippen molar-refractivity contribution < 1.29 is 21.6 Å². The summed E-state index contributed by atoms with van der Waals surface area (Å²) in [6.45, 7) is 8.78. The Labute approximate surface area is 227 Å². The molecule has 0 N–H and O–H groups in total. The van der Waals surface area contributed by atoms with Crippen LogP contribution in [-0.4, -0.2) is 94.6 Å². The number of rotatable bonds is 4. The fraction of sp³-hybridized carbons (Fsp3) is 0.444. The van der Waals surface area contributed by atoms with Crippen molar-refractivity contribution in [3.8, 4) is 0 Å². The van der Waals surface area contributed by atoms with Crippen LogP contribution in [-0.2, 0) is 20.0 Å². The minimum Gasteiger partial charge on any atom is -0.331 e. The van der Waals surface area contributed by atoms with Crippen LogP contribution in [0, 0.1) is 13.8 Å². The van der Waals surface area contributed by atoms with E-state index in [0.29, 0.717) is 31.5 Å². The number of sulfonamides is 2. The van der Waals surface area contributed by atoms with E-state index in [-0.39, 0.29) is 42.0 Å². The van der Waals surface area contributed by atoms with Gasteiger partial charge in [0.2, 0.25) is 20.0 Å². The number of carbonyl (C=O) groups excluding carboxylic acids is 1. The van der Waals surface area contributed by atoms with Crippen LogP contribution in [0.15, 0.2) is 70.5 Å². The maximum absolute atomic E-state index is 13.6. The highest BCUT2D eigenvalue weighted by molar-refractivity contribution is 7.89. The first kappa shape index (κ1) is 29.8. The summed E-state index contributed by atoms with van der Waals surface area (Å²) in [6.07, 6.45) is 0.868. The normalized spacial score (nSPS) is 17.5. The van der Waals surface area contributed by atoms with Gasteiger partial charge in [-0.1, -0.05) is 42.0 Å². The van der Waals surface area contributed by atoms with Gasteiger partial charge in [-0.2, -0.15) is 8.61 Å². The molecule has 0 unspecified atom stereocenters. The van der Waals surface area contributed by atoms with Gasteiger partial charge >= 0.3 is 6.03 Å². The van der Waals surface area contributed by atoms with E-state index in [2.05, 4.69) is 6.58 Å². The first-order valence-electron chi connectivity index (χ1n) is 12.6. The zero-order chi connectivity index (χ0) is 28.1. The lowest BCUT2D eigenvalue weighted by Gasteiger charge is -2.31. The van der Waals surface area contributed by atoms with Crippen molar-refractivity contribution in [3.63, 3.8) is 0 Å². The van der Waals surface area contributed by atoms with Crippen LogP contribution < -0.4 is 0 Å². The summed E-state index contributed by atoms with van der Waals surface area (Å²) < 4.78 is 57.0. The first-order chi connectivity index (χ1) is 17.8. The molecular weight excluding hydrogens is 524 g/mol. The van der Waals surface area contributed by atoms with Crippen LogP contribution in [0.5, 0.6) is 0 Å². The molecule has 9 nitrogen and oxygen atoms in total. The molecule has 1 aliphatic heterocycles. The fourth-order valence-electron chi connectivity index (χ4n) is 4.30. The van der Waals surface area contributed by atoms with E-state index < -0.39 is 20.0 Å². The molecule has 1 aliphatic rings. The van der Waals surface area contributed by atoms with Crippen molar-refractivity contribution in [2.75, 3.05) is 53.4 Å². The Balaban J connectivity index is 1.96. The van der Waals surface area contributed by atoms with Crippen molar-refractivity contribution in [2.45, 2.75) is 36.5 Å². The molecule has 1 saturated heterocycles. The van der Waals surface area contributed by atoms with Crippen LogP contribution in [0.25, 0.3) is 0 Å². The van der Waals surface area contributed by atoms with Gasteiger partial charge in [-0.3, -0.25) is 0 Å². The van der Waals surface area contributed by atoms with Gasteiger partial charge in [0.15, 0.2) is 0 Å². The average molecular weight is 563 g/mol. The number of nitrogens with zero attached hydrogens (tertiary/aromatic N) is 4. The Bertz CT molecular complexity index is 1250. The summed E-state index contributed by atoms with van der Waals surface area (Å²) in [5.41, 5.74) is 2.35. The maximum atomic E-state index is 13.6. The third kappa shape index (κ3) is 7.22. The smallest absolute Gasteiger partial charge is 0.319 e. The zero-order valence-electron chi connectivity index (χ0n) is 22.6. The average Bonchev–Trinajstić information content (AvgIpc) is 2.85.